The molecule has 1 aromatic carbocycles. The van der Waals surface area contributed by atoms with Gasteiger partial charge in [-0.25, -0.2) is 0 Å². The summed E-state index contributed by atoms with van der Waals surface area (Å²) in [5, 5.41) is 9.43. The molecule has 0 amide bonds. The molecule has 0 aliphatic carbocycles. The van der Waals surface area contributed by atoms with Gasteiger partial charge in [0.05, 0.1) is 0 Å². The second-order valence-electron chi connectivity index (χ2n) is 4.65. The summed E-state index contributed by atoms with van der Waals surface area (Å²) in [4.78, 5) is 4.39. The largest absolute Gasteiger partial charge is 0.358 e. The van der Waals surface area contributed by atoms with Crippen molar-refractivity contribution < 1.29 is 0 Å². The quantitative estimate of drug-likeness (QED) is 0.669. The van der Waals surface area contributed by atoms with Gasteiger partial charge in [0, 0.05) is 42.6 Å². The number of benzene rings is 1. The predicted molar refractivity (Wildman–Crippen MR) is 77.0 cm³/mol. The zero-order chi connectivity index (χ0) is 13.1. The Morgan fingerprint density at radius 3 is 2.50 bits per heavy atom. The fraction of sp³-hybridized carbons (Fsp3) is 0.462. The third-order valence-electron chi connectivity index (χ3n) is 3.26. The zero-order valence-corrected chi connectivity index (χ0v) is 11.9. The second-order valence-corrected chi connectivity index (χ2v) is 5.49. The van der Waals surface area contributed by atoms with Crippen molar-refractivity contribution in [3.8, 4) is 0 Å². The number of likely N-dealkylation sites (N-methyl/N-ethyl adjacent to an activating group) is 1. The van der Waals surface area contributed by atoms with Gasteiger partial charge in [-0.05, 0) is 24.7 Å². The number of hydrogen-bond donors (Lipinski definition) is 1. The van der Waals surface area contributed by atoms with Gasteiger partial charge in [0.1, 0.15) is 5.84 Å². The van der Waals surface area contributed by atoms with E-state index in [2.05, 4.69) is 16.8 Å². The van der Waals surface area contributed by atoms with Crippen LogP contribution in [0.1, 0.15) is 5.56 Å². The molecule has 0 bridgehead atoms. The highest BCUT2D eigenvalue weighted by Crippen LogP contribution is 2.22. The molecule has 0 atom stereocenters. The average molecular weight is 286 g/mol. The van der Waals surface area contributed by atoms with Crippen LogP contribution < -0.4 is 0 Å². The summed E-state index contributed by atoms with van der Waals surface area (Å²) in [5.74, 6) is 0.632. The number of nitrogens with one attached hydrogen (secondary N) is 1. The molecule has 0 saturated carbocycles. The van der Waals surface area contributed by atoms with Gasteiger partial charge in [0.15, 0.2) is 0 Å². The van der Waals surface area contributed by atoms with Gasteiger partial charge in [0.25, 0.3) is 0 Å². The van der Waals surface area contributed by atoms with E-state index in [1.807, 2.05) is 12.1 Å². The molecule has 1 heterocycles. The van der Waals surface area contributed by atoms with Crippen LogP contribution in [0.3, 0.4) is 0 Å². The molecule has 0 aromatic heterocycles. The van der Waals surface area contributed by atoms with Crippen molar-refractivity contribution in [1.29, 1.82) is 5.41 Å². The minimum atomic E-state index is 0.569. The molecular weight excluding hydrogens is 269 g/mol. The van der Waals surface area contributed by atoms with Crippen LogP contribution in [0.2, 0.25) is 10.0 Å². The first-order chi connectivity index (χ1) is 8.56. The lowest BCUT2D eigenvalue weighted by Gasteiger charge is -2.34. The summed E-state index contributed by atoms with van der Waals surface area (Å²) in [6.07, 6.45) is 0.569. The molecule has 1 N–H and O–H groups in total. The van der Waals surface area contributed by atoms with Crippen LogP contribution in [0.25, 0.3) is 0 Å². The molecule has 0 unspecified atom stereocenters. The maximum Gasteiger partial charge on any atom is 0.100 e. The lowest BCUT2D eigenvalue weighted by atomic mass is 10.1. The van der Waals surface area contributed by atoms with Crippen LogP contribution in [0.4, 0.5) is 0 Å². The number of nitrogens with zero attached hydrogens (tertiary/aromatic N) is 2. The fourth-order valence-electron chi connectivity index (χ4n) is 2.03. The molecule has 1 saturated heterocycles. The van der Waals surface area contributed by atoms with E-state index >= 15 is 0 Å². The minimum absolute atomic E-state index is 0.569. The molecular formula is C13H17Cl2N3. The Hall–Kier alpha value is -0.770. The van der Waals surface area contributed by atoms with Gasteiger partial charge in [-0.3, -0.25) is 5.41 Å². The molecule has 1 aliphatic heterocycles. The van der Waals surface area contributed by atoms with E-state index < -0.39 is 0 Å². The Labute approximate surface area is 118 Å². The second kappa shape index (κ2) is 5.91. The predicted octanol–water partition coefficient (Wildman–Crippen LogP) is 2.76. The molecule has 1 aliphatic rings. The van der Waals surface area contributed by atoms with Crippen molar-refractivity contribution in [1.82, 2.24) is 9.80 Å². The Bertz CT molecular complexity index is 440. The third kappa shape index (κ3) is 3.37. The van der Waals surface area contributed by atoms with Crippen LogP contribution >= 0.6 is 23.2 Å². The number of piperazine rings is 1. The maximum atomic E-state index is 8.15. The number of amidine groups is 1. The SMILES string of the molecule is CN1CCN(C(=N)Cc2ccc(Cl)cc2Cl)CC1. The van der Waals surface area contributed by atoms with E-state index in [9.17, 15) is 0 Å². The lowest BCUT2D eigenvalue weighted by molar-refractivity contribution is 0.213. The molecule has 1 aromatic rings. The van der Waals surface area contributed by atoms with Crippen molar-refractivity contribution in [2.75, 3.05) is 33.2 Å². The molecule has 5 heteroatoms. The molecule has 18 heavy (non-hydrogen) atoms. The highest BCUT2D eigenvalue weighted by atomic mass is 35.5. The van der Waals surface area contributed by atoms with E-state index in [1.165, 1.54) is 0 Å². The standard InChI is InChI=1S/C13H17Cl2N3/c1-17-4-6-18(7-5-17)13(16)8-10-2-3-11(14)9-12(10)15/h2-3,9,16H,4-8H2,1H3. The van der Waals surface area contributed by atoms with Crippen molar-refractivity contribution in [2.45, 2.75) is 6.42 Å². The van der Waals surface area contributed by atoms with Gasteiger partial charge < -0.3 is 9.80 Å². The molecule has 0 spiro atoms. The molecule has 0 radical (unpaired) electrons. The van der Waals surface area contributed by atoms with Crippen LogP contribution in [0.5, 0.6) is 0 Å². The van der Waals surface area contributed by atoms with Gasteiger partial charge in [-0.15, -0.1) is 0 Å². The molecule has 3 nitrogen and oxygen atoms in total. The highest BCUT2D eigenvalue weighted by Gasteiger charge is 2.17. The van der Waals surface area contributed by atoms with Crippen molar-refractivity contribution in [3.05, 3.63) is 33.8 Å². The normalized spacial score (nSPS) is 16.9. The van der Waals surface area contributed by atoms with Gasteiger partial charge in [-0.1, -0.05) is 29.3 Å². The molecule has 1 fully saturated rings. The summed E-state index contributed by atoms with van der Waals surface area (Å²) >= 11 is 12.0. The van der Waals surface area contributed by atoms with Crippen LogP contribution in [0.15, 0.2) is 18.2 Å². The maximum absolute atomic E-state index is 8.15. The van der Waals surface area contributed by atoms with E-state index in [4.69, 9.17) is 28.6 Å². The van der Waals surface area contributed by atoms with Gasteiger partial charge >= 0.3 is 0 Å². The summed E-state index contributed by atoms with van der Waals surface area (Å²) in [6.45, 7) is 3.86. The van der Waals surface area contributed by atoms with Crippen molar-refractivity contribution in [2.24, 2.45) is 0 Å². The Morgan fingerprint density at radius 1 is 1.22 bits per heavy atom. The van der Waals surface area contributed by atoms with E-state index in [1.54, 1.807) is 6.07 Å². The first-order valence-corrected chi connectivity index (χ1v) is 6.76. The topological polar surface area (TPSA) is 30.3 Å². The van der Waals surface area contributed by atoms with Crippen LogP contribution in [0, 0.1) is 5.41 Å². The first kappa shape index (κ1) is 13.7. The van der Waals surface area contributed by atoms with E-state index in [0.29, 0.717) is 22.3 Å². The summed E-state index contributed by atoms with van der Waals surface area (Å²) in [5.41, 5.74) is 0.963. The smallest absolute Gasteiger partial charge is 0.100 e. The van der Waals surface area contributed by atoms with Crippen molar-refractivity contribution >= 4 is 29.0 Å². The van der Waals surface area contributed by atoms with Crippen molar-refractivity contribution in [3.63, 3.8) is 0 Å². The van der Waals surface area contributed by atoms with E-state index in [0.717, 1.165) is 31.7 Å². The average Bonchev–Trinajstić information content (AvgIpc) is 2.33. The number of halogens is 2. The monoisotopic (exact) mass is 285 g/mol. The molecule has 98 valence electrons. The van der Waals surface area contributed by atoms with Crippen LogP contribution in [-0.4, -0.2) is 48.9 Å². The Morgan fingerprint density at radius 2 is 1.89 bits per heavy atom. The lowest BCUT2D eigenvalue weighted by Crippen LogP contribution is -2.47. The number of hydrogen-bond acceptors (Lipinski definition) is 2. The number of rotatable bonds is 2. The Balaban J connectivity index is 1.98. The summed E-state index contributed by atoms with van der Waals surface area (Å²) in [7, 11) is 2.11. The van der Waals surface area contributed by atoms with Gasteiger partial charge in [-0.2, -0.15) is 0 Å². The summed E-state index contributed by atoms with van der Waals surface area (Å²) < 4.78 is 0. The zero-order valence-electron chi connectivity index (χ0n) is 10.4. The molecule has 2 rings (SSSR count). The summed E-state index contributed by atoms with van der Waals surface area (Å²) in [6, 6.07) is 5.45. The van der Waals surface area contributed by atoms with E-state index in [-0.39, 0.29) is 0 Å². The first-order valence-electron chi connectivity index (χ1n) is 6.01. The minimum Gasteiger partial charge on any atom is -0.358 e. The highest BCUT2D eigenvalue weighted by molar-refractivity contribution is 6.35. The third-order valence-corrected chi connectivity index (χ3v) is 3.84. The fourth-order valence-corrected chi connectivity index (χ4v) is 2.51. The Kier molecular flexibility index (Phi) is 4.49. The van der Waals surface area contributed by atoms with Gasteiger partial charge in [0.2, 0.25) is 0 Å². The van der Waals surface area contributed by atoms with Crippen LogP contribution in [-0.2, 0) is 6.42 Å².